The van der Waals surface area contributed by atoms with E-state index in [1.54, 1.807) is 24.3 Å². The van der Waals surface area contributed by atoms with Crippen LogP contribution < -0.4 is 5.56 Å². The quantitative estimate of drug-likeness (QED) is 0.908. The number of H-pyrrole nitrogens is 1. The molecule has 1 aromatic heterocycles. The van der Waals surface area contributed by atoms with Crippen molar-refractivity contribution in [2.24, 2.45) is 0 Å². The summed E-state index contributed by atoms with van der Waals surface area (Å²) in [6, 6.07) is 6.73. The van der Waals surface area contributed by atoms with Gasteiger partial charge < -0.3 is 10.1 Å². The Bertz CT molecular complexity index is 628. The van der Waals surface area contributed by atoms with E-state index in [9.17, 15) is 9.90 Å². The third-order valence-corrected chi connectivity index (χ3v) is 3.14. The Morgan fingerprint density at radius 3 is 2.89 bits per heavy atom. The molecule has 94 valence electrons. The normalized spacial score (nSPS) is 10.6. The second kappa shape index (κ2) is 5.46. The maximum atomic E-state index is 11.9. The third kappa shape index (κ3) is 2.68. The zero-order valence-corrected chi connectivity index (χ0v) is 11.2. The summed E-state index contributed by atoms with van der Waals surface area (Å²) in [5.41, 5.74) is 0.320. The maximum Gasteiger partial charge on any atom is 0.262 e. The monoisotopic (exact) mass is 282 g/mol. The number of aromatic nitrogens is 2. The molecule has 0 aliphatic heterocycles. The van der Waals surface area contributed by atoms with Crippen LogP contribution in [0.15, 0.2) is 29.1 Å². The highest BCUT2D eigenvalue weighted by molar-refractivity contribution is 7.97. The second-order valence-electron chi connectivity index (χ2n) is 3.65. The van der Waals surface area contributed by atoms with E-state index in [0.29, 0.717) is 22.2 Å². The third-order valence-electron chi connectivity index (χ3n) is 2.34. The number of rotatable bonds is 3. The summed E-state index contributed by atoms with van der Waals surface area (Å²) < 4.78 is 0. The van der Waals surface area contributed by atoms with E-state index < -0.39 is 0 Å². The molecule has 0 amide bonds. The van der Waals surface area contributed by atoms with Crippen LogP contribution in [0.4, 0.5) is 0 Å². The number of hydrogen-bond donors (Lipinski definition) is 2. The van der Waals surface area contributed by atoms with Gasteiger partial charge in [0.25, 0.3) is 5.56 Å². The van der Waals surface area contributed by atoms with E-state index in [1.807, 2.05) is 6.26 Å². The van der Waals surface area contributed by atoms with E-state index in [2.05, 4.69) is 9.97 Å². The summed E-state index contributed by atoms with van der Waals surface area (Å²) >= 11 is 7.37. The van der Waals surface area contributed by atoms with Gasteiger partial charge in [0, 0.05) is 5.02 Å². The van der Waals surface area contributed by atoms with E-state index in [1.165, 1.54) is 11.8 Å². The largest absolute Gasteiger partial charge is 0.493 e. The first-order chi connectivity index (χ1) is 8.61. The highest BCUT2D eigenvalue weighted by Crippen LogP contribution is 2.25. The first-order valence-corrected chi connectivity index (χ1v) is 6.96. The Balaban J connectivity index is 2.55. The maximum absolute atomic E-state index is 11.9. The second-order valence-corrected chi connectivity index (χ2v) is 4.96. The molecule has 1 aromatic carbocycles. The summed E-state index contributed by atoms with van der Waals surface area (Å²) in [6.45, 7) is 0. The fourth-order valence-corrected chi connectivity index (χ4v) is 2.22. The molecule has 0 radical (unpaired) electrons. The zero-order chi connectivity index (χ0) is 13.1. The molecule has 4 nitrogen and oxygen atoms in total. The summed E-state index contributed by atoms with van der Waals surface area (Å²) in [5.74, 6) is 0.722. The molecule has 2 aromatic rings. The van der Waals surface area contributed by atoms with Crippen LogP contribution in [0.1, 0.15) is 5.82 Å². The predicted octanol–water partition coefficient (Wildman–Crippen LogP) is 2.66. The lowest BCUT2D eigenvalue weighted by Crippen LogP contribution is -2.13. The Kier molecular flexibility index (Phi) is 3.93. The van der Waals surface area contributed by atoms with Crippen LogP contribution in [0.2, 0.25) is 5.02 Å². The lowest BCUT2D eigenvalue weighted by Gasteiger charge is -2.05. The van der Waals surface area contributed by atoms with Crippen LogP contribution >= 0.6 is 23.4 Å². The topological polar surface area (TPSA) is 66.0 Å². The average molecular weight is 283 g/mol. The van der Waals surface area contributed by atoms with E-state index in [4.69, 9.17) is 11.6 Å². The minimum Gasteiger partial charge on any atom is -0.493 e. The van der Waals surface area contributed by atoms with Crippen LogP contribution in [0.3, 0.4) is 0 Å². The predicted molar refractivity (Wildman–Crippen MR) is 74.2 cm³/mol. The standard InChI is InChI=1S/C12H11ClN2O2S/c1-18-6-9-14-11(16)10(12(17)15-9)7-3-2-4-8(13)5-7/h2-5H,6H2,1H3,(H2,14,15,16,17). The molecular weight excluding hydrogens is 272 g/mol. The number of nitrogens with one attached hydrogen (secondary N) is 1. The van der Waals surface area contributed by atoms with Gasteiger partial charge in [0.05, 0.1) is 5.75 Å². The molecule has 6 heteroatoms. The number of benzene rings is 1. The number of hydrogen-bond acceptors (Lipinski definition) is 4. The molecule has 0 fully saturated rings. The van der Waals surface area contributed by atoms with Crippen molar-refractivity contribution in [3.05, 3.63) is 45.5 Å². The highest BCUT2D eigenvalue weighted by Gasteiger charge is 2.12. The number of thioether (sulfide) groups is 1. The van der Waals surface area contributed by atoms with Crippen molar-refractivity contribution in [3.63, 3.8) is 0 Å². The number of aromatic amines is 1. The van der Waals surface area contributed by atoms with E-state index in [0.717, 1.165) is 0 Å². The van der Waals surface area contributed by atoms with Gasteiger partial charge in [-0.15, -0.1) is 0 Å². The SMILES string of the molecule is CSCc1nc(O)c(-c2cccc(Cl)c2)c(=O)[nH]1. The Labute approximate surface area is 113 Å². The molecule has 2 N–H and O–H groups in total. The number of aromatic hydroxyl groups is 1. The molecule has 0 aliphatic rings. The Hall–Kier alpha value is -1.46. The molecule has 1 heterocycles. The van der Waals surface area contributed by atoms with Gasteiger partial charge in [-0.25, -0.2) is 0 Å². The molecule has 0 aliphatic carbocycles. The van der Waals surface area contributed by atoms with Crippen LogP contribution in [0, 0.1) is 0 Å². The Morgan fingerprint density at radius 1 is 1.50 bits per heavy atom. The van der Waals surface area contributed by atoms with Crippen molar-refractivity contribution in [2.45, 2.75) is 5.75 Å². The Morgan fingerprint density at radius 2 is 2.28 bits per heavy atom. The molecule has 18 heavy (non-hydrogen) atoms. The van der Waals surface area contributed by atoms with Crippen LogP contribution in [0.25, 0.3) is 11.1 Å². The summed E-state index contributed by atoms with van der Waals surface area (Å²) in [6.07, 6.45) is 1.89. The van der Waals surface area contributed by atoms with Crippen LogP contribution in [-0.2, 0) is 5.75 Å². The average Bonchev–Trinajstić information content (AvgIpc) is 2.28. The molecule has 0 bridgehead atoms. The fourth-order valence-electron chi connectivity index (χ4n) is 1.62. The van der Waals surface area contributed by atoms with Crippen molar-refractivity contribution in [3.8, 4) is 17.0 Å². The van der Waals surface area contributed by atoms with Gasteiger partial charge in [-0.2, -0.15) is 16.7 Å². The summed E-state index contributed by atoms with van der Waals surface area (Å²) in [7, 11) is 0. The molecule has 0 saturated carbocycles. The summed E-state index contributed by atoms with van der Waals surface area (Å²) in [4.78, 5) is 18.6. The zero-order valence-electron chi connectivity index (χ0n) is 9.61. The van der Waals surface area contributed by atoms with Crippen molar-refractivity contribution in [2.75, 3.05) is 6.26 Å². The molecule has 0 spiro atoms. The molecule has 2 rings (SSSR count). The van der Waals surface area contributed by atoms with Crippen LogP contribution in [0.5, 0.6) is 5.88 Å². The lowest BCUT2D eigenvalue weighted by atomic mass is 10.1. The van der Waals surface area contributed by atoms with Crippen molar-refractivity contribution < 1.29 is 5.11 Å². The van der Waals surface area contributed by atoms with Gasteiger partial charge in [0.15, 0.2) is 0 Å². The minimum absolute atomic E-state index is 0.141. The molecular formula is C12H11ClN2O2S. The van der Waals surface area contributed by atoms with Crippen molar-refractivity contribution in [1.29, 1.82) is 0 Å². The number of nitrogens with zero attached hydrogens (tertiary/aromatic N) is 1. The van der Waals surface area contributed by atoms with Gasteiger partial charge >= 0.3 is 0 Å². The first kappa shape index (κ1) is 13.0. The molecule has 0 unspecified atom stereocenters. The number of halogens is 1. The molecule has 0 saturated heterocycles. The first-order valence-electron chi connectivity index (χ1n) is 5.19. The molecule has 0 atom stereocenters. The van der Waals surface area contributed by atoms with Gasteiger partial charge in [-0.05, 0) is 24.0 Å². The highest BCUT2D eigenvalue weighted by atomic mass is 35.5. The van der Waals surface area contributed by atoms with Gasteiger partial charge in [0.2, 0.25) is 5.88 Å². The lowest BCUT2D eigenvalue weighted by molar-refractivity contribution is 0.451. The van der Waals surface area contributed by atoms with Crippen molar-refractivity contribution >= 4 is 23.4 Å². The van der Waals surface area contributed by atoms with E-state index >= 15 is 0 Å². The van der Waals surface area contributed by atoms with Crippen molar-refractivity contribution in [1.82, 2.24) is 9.97 Å². The fraction of sp³-hybridized carbons (Fsp3) is 0.167. The van der Waals surface area contributed by atoms with Gasteiger partial charge in [-0.3, -0.25) is 4.79 Å². The van der Waals surface area contributed by atoms with E-state index in [-0.39, 0.29) is 17.0 Å². The van der Waals surface area contributed by atoms with Gasteiger partial charge in [0.1, 0.15) is 11.4 Å². The van der Waals surface area contributed by atoms with Crippen LogP contribution in [-0.4, -0.2) is 21.3 Å². The minimum atomic E-state index is -0.367. The van der Waals surface area contributed by atoms with Gasteiger partial charge in [-0.1, -0.05) is 23.7 Å². The smallest absolute Gasteiger partial charge is 0.262 e. The summed E-state index contributed by atoms with van der Waals surface area (Å²) in [5, 5.41) is 10.4.